The van der Waals surface area contributed by atoms with Gasteiger partial charge in [0.1, 0.15) is 12.4 Å². The van der Waals surface area contributed by atoms with Crippen molar-refractivity contribution in [2.45, 2.75) is 6.42 Å². The van der Waals surface area contributed by atoms with Gasteiger partial charge in [-0.05, 0) is 42.5 Å². The molecule has 2 atom stereocenters. The maximum absolute atomic E-state index is 12.7. The van der Waals surface area contributed by atoms with Crippen molar-refractivity contribution in [3.63, 3.8) is 0 Å². The normalized spacial score (nSPS) is 19.6. The van der Waals surface area contributed by atoms with Crippen molar-refractivity contribution in [3.05, 3.63) is 91.0 Å². The molecule has 0 bridgehead atoms. The number of para-hydroxylation sites is 1. The Morgan fingerprint density at radius 3 is 2.46 bits per heavy atom. The molecule has 2 aromatic carbocycles. The van der Waals surface area contributed by atoms with Gasteiger partial charge in [0.05, 0.1) is 0 Å². The standard InChI is InChI=1S/C23H25NO2/c1-2-10-20-17-24(23(25)19-11-5-3-6-12-19)18-21(20)13-9-16-26-22-14-7-4-8-15-22/h2-9,11-15,20-21H,1,10,16-18H2/b13-9+/t20-,21-/m1/s1. The van der Waals surface area contributed by atoms with Crippen LogP contribution in [0.5, 0.6) is 5.75 Å². The third kappa shape index (κ3) is 4.63. The summed E-state index contributed by atoms with van der Waals surface area (Å²) >= 11 is 0. The van der Waals surface area contributed by atoms with Crippen LogP contribution in [-0.4, -0.2) is 30.5 Å². The van der Waals surface area contributed by atoms with Crippen LogP contribution in [0.4, 0.5) is 0 Å². The number of ether oxygens (including phenoxy) is 1. The molecule has 26 heavy (non-hydrogen) atoms. The Balaban J connectivity index is 1.59. The highest BCUT2D eigenvalue weighted by Crippen LogP contribution is 2.29. The molecule has 2 aromatic rings. The molecule has 0 spiro atoms. The first-order valence-electron chi connectivity index (χ1n) is 9.07. The molecular formula is C23H25NO2. The van der Waals surface area contributed by atoms with Gasteiger partial charge in [0.25, 0.3) is 5.91 Å². The Hall–Kier alpha value is -2.81. The predicted octanol–water partition coefficient (Wildman–Crippen LogP) is 4.59. The van der Waals surface area contributed by atoms with Crippen LogP contribution < -0.4 is 4.74 Å². The molecule has 0 radical (unpaired) electrons. The van der Waals surface area contributed by atoms with E-state index in [9.17, 15) is 4.79 Å². The van der Waals surface area contributed by atoms with Gasteiger partial charge in [-0.25, -0.2) is 0 Å². The molecule has 1 aliphatic heterocycles. The molecule has 1 saturated heterocycles. The summed E-state index contributed by atoms with van der Waals surface area (Å²) in [5.41, 5.74) is 0.752. The average molecular weight is 347 g/mol. The number of benzene rings is 2. The number of nitrogens with zero attached hydrogens (tertiary/aromatic N) is 1. The molecule has 1 heterocycles. The summed E-state index contributed by atoms with van der Waals surface area (Å²) in [5.74, 6) is 1.72. The molecule has 1 amide bonds. The van der Waals surface area contributed by atoms with Crippen molar-refractivity contribution in [2.24, 2.45) is 11.8 Å². The van der Waals surface area contributed by atoms with E-state index >= 15 is 0 Å². The van der Waals surface area contributed by atoms with Crippen LogP contribution in [0.15, 0.2) is 85.5 Å². The summed E-state index contributed by atoms with van der Waals surface area (Å²) in [5, 5.41) is 0. The van der Waals surface area contributed by atoms with E-state index in [2.05, 4.69) is 18.7 Å². The fraction of sp³-hybridized carbons (Fsp3) is 0.261. The second-order valence-electron chi connectivity index (χ2n) is 6.58. The molecule has 1 fully saturated rings. The molecule has 0 N–H and O–H groups in total. The minimum atomic E-state index is 0.107. The Morgan fingerprint density at radius 2 is 1.77 bits per heavy atom. The number of hydrogen-bond donors (Lipinski definition) is 0. The number of amides is 1. The average Bonchev–Trinajstić information content (AvgIpc) is 3.09. The second-order valence-corrected chi connectivity index (χ2v) is 6.58. The fourth-order valence-electron chi connectivity index (χ4n) is 3.40. The highest BCUT2D eigenvalue weighted by atomic mass is 16.5. The van der Waals surface area contributed by atoms with Crippen molar-refractivity contribution in [1.29, 1.82) is 0 Å². The van der Waals surface area contributed by atoms with E-state index in [1.54, 1.807) is 0 Å². The lowest BCUT2D eigenvalue weighted by Gasteiger charge is -2.16. The van der Waals surface area contributed by atoms with Crippen LogP contribution in [0.25, 0.3) is 0 Å². The number of hydrogen-bond acceptors (Lipinski definition) is 2. The van der Waals surface area contributed by atoms with Crippen LogP contribution in [0.3, 0.4) is 0 Å². The molecule has 3 heteroatoms. The van der Waals surface area contributed by atoms with E-state index in [1.807, 2.05) is 71.6 Å². The first-order valence-corrected chi connectivity index (χ1v) is 9.07. The number of carbonyl (C=O) groups is 1. The van der Waals surface area contributed by atoms with Crippen molar-refractivity contribution in [3.8, 4) is 5.75 Å². The predicted molar refractivity (Wildman–Crippen MR) is 105 cm³/mol. The third-order valence-corrected chi connectivity index (χ3v) is 4.74. The summed E-state index contributed by atoms with van der Waals surface area (Å²) < 4.78 is 5.72. The van der Waals surface area contributed by atoms with E-state index in [1.165, 1.54) is 0 Å². The van der Waals surface area contributed by atoms with E-state index < -0.39 is 0 Å². The number of rotatable bonds is 7. The van der Waals surface area contributed by atoms with Crippen LogP contribution in [0.2, 0.25) is 0 Å². The van der Waals surface area contributed by atoms with Gasteiger partial charge in [-0.15, -0.1) is 6.58 Å². The summed E-state index contributed by atoms with van der Waals surface area (Å²) in [4.78, 5) is 14.7. The largest absolute Gasteiger partial charge is 0.490 e. The summed E-state index contributed by atoms with van der Waals surface area (Å²) in [6.45, 7) is 5.92. The van der Waals surface area contributed by atoms with E-state index in [4.69, 9.17) is 4.74 Å². The highest BCUT2D eigenvalue weighted by molar-refractivity contribution is 5.94. The van der Waals surface area contributed by atoms with Gasteiger partial charge in [0.2, 0.25) is 0 Å². The van der Waals surface area contributed by atoms with Crippen molar-refractivity contribution in [1.82, 2.24) is 4.90 Å². The molecule has 134 valence electrons. The zero-order valence-corrected chi connectivity index (χ0v) is 15.0. The lowest BCUT2D eigenvalue weighted by Crippen LogP contribution is -2.28. The maximum atomic E-state index is 12.7. The molecule has 0 aliphatic carbocycles. The lowest BCUT2D eigenvalue weighted by atomic mass is 9.93. The topological polar surface area (TPSA) is 29.5 Å². The Morgan fingerprint density at radius 1 is 1.08 bits per heavy atom. The zero-order chi connectivity index (χ0) is 18.2. The fourth-order valence-corrected chi connectivity index (χ4v) is 3.40. The first-order chi connectivity index (χ1) is 12.8. The molecule has 1 aliphatic rings. The third-order valence-electron chi connectivity index (χ3n) is 4.74. The van der Waals surface area contributed by atoms with Gasteiger partial charge >= 0.3 is 0 Å². The highest BCUT2D eigenvalue weighted by Gasteiger charge is 2.33. The molecule has 3 rings (SSSR count). The quantitative estimate of drug-likeness (QED) is 0.686. The zero-order valence-electron chi connectivity index (χ0n) is 15.0. The van der Waals surface area contributed by atoms with Crippen LogP contribution >= 0.6 is 0 Å². The van der Waals surface area contributed by atoms with Crippen LogP contribution in [0.1, 0.15) is 16.8 Å². The summed E-state index contributed by atoms with van der Waals surface area (Å²) in [7, 11) is 0. The summed E-state index contributed by atoms with van der Waals surface area (Å²) in [6, 6.07) is 19.3. The lowest BCUT2D eigenvalue weighted by molar-refractivity contribution is 0.0785. The van der Waals surface area contributed by atoms with Gasteiger partial charge in [-0.3, -0.25) is 4.79 Å². The summed E-state index contributed by atoms with van der Waals surface area (Å²) in [6.07, 6.45) is 7.11. The second kappa shape index (κ2) is 9.04. The minimum absolute atomic E-state index is 0.107. The van der Waals surface area contributed by atoms with Gasteiger partial charge in [0, 0.05) is 18.7 Å². The SMILES string of the molecule is C=CC[C@@H]1CN(C(=O)c2ccccc2)C[C@H]1/C=C/COc1ccccc1. The van der Waals surface area contributed by atoms with Gasteiger partial charge < -0.3 is 9.64 Å². The number of allylic oxidation sites excluding steroid dienone is 1. The van der Waals surface area contributed by atoms with Crippen LogP contribution in [-0.2, 0) is 0 Å². The molecule has 0 unspecified atom stereocenters. The van der Waals surface area contributed by atoms with Gasteiger partial charge in [-0.1, -0.05) is 54.6 Å². The van der Waals surface area contributed by atoms with Crippen molar-refractivity contribution < 1.29 is 9.53 Å². The monoisotopic (exact) mass is 347 g/mol. The molecule has 3 nitrogen and oxygen atoms in total. The van der Waals surface area contributed by atoms with E-state index in [-0.39, 0.29) is 5.91 Å². The Kier molecular flexibility index (Phi) is 6.26. The van der Waals surface area contributed by atoms with Gasteiger partial charge in [0.15, 0.2) is 0 Å². The number of likely N-dealkylation sites (tertiary alicyclic amines) is 1. The maximum Gasteiger partial charge on any atom is 0.253 e. The Labute approximate surface area is 155 Å². The number of carbonyl (C=O) groups excluding carboxylic acids is 1. The minimum Gasteiger partial charge on any atom is -0.490 e. The first kappa shape index (κ1) is 18.0. The van der Waals surface area contributed by atoms with E-state index in [0.29, 0.717) is 18.4 Å². The smallest absolute Gasteiger partial charge is 0.253 e. The molecule has 0 saturated carbocycles. The van der Waals surface area contributed by atoms with Crippen molar-refractivity contribution >= 4 is 5.91 Å². The van der Waals surface area contributed by atoms with Gasteiger partial charge in [-0.2, -0.15) is 0 Å². The Bertz CT molecular complexity index is 739. The molecular weight excluding hydrogens is 322 g/mol. The molecule has 0 aromatic heterocycles. The van der Waals surface area contributed by atoms with Crippen molar-refractivity contribution in [2.75, 3.05) is 19.7 Å². The van der Waals surface area contributed by atoms with Crippen LogP contribution in [0, 0.1) is 11.8 Å². The van der Waals surface area contributed by atoms with E-state index in [0.717, 1.165) is 30.8 Å².